The van der Waals surface area contributed by atoms with Crippen LogP contribution in [0.4, 0.5) is 21.0 Å². The molecular weight excluding hydrogens is 511 g/mol. The van der Waals surface area contributed by atoms with Crippen molar-refractivity contribution in [3.63, 3.8) is 0 Å². The summed E-state index contributed by atoms with van der Waals surface area (Å²) in [4.78, 5) is 14.1. The molecule has 0 aliphatic carbocycles. The molecule has 0 bridgehead atoms. The molecule has 0 radical (unpaired) electrons. The summed E-state index contributed by atoms with van der Waals surface area (Å²) >= 11 is 0.501. The fourth-order valence-corrected chi connectivity index (χ4v) is 6.58. The van der Waals surface area contributed by atoms with E-state index in [0.29, 0.717) is 12.2 Å². The maximum atomic E-state index is 13.4. The number of imidazole rings is 1. The Balaban J connectivity index is 1.39. The van der Waals surface area contributed by atoms with E-state index in [1.165, 1.54) is 12.1 Å². The highest BCUT2D eigenvalue weighted by atomic mass is 32.2. The van der Waals surface area contributed by atoms with E-state index in [1.807, 2.05) is 22.8 Å². The molecular formula is C26H31FN6O2S2. The van der Waals surface area contributed by atoms with Crippen molar-refractivity contribution in [1.29, 1.82) is 0 Å². The number of hydrogen-bond donors (Lipinski definition) is 1. The highest BCUT2D eigenvalue weighted by Crippen LogP contribution is 2.34. The molecule has 1 fully saturated rings. The zero-order chi connectivity index (χ0) is 25.9. The molecule has 37 heavy (non-hydrogen) atoms. The van der Waals surface area contributed by atoms with Gasteiger partial charge in [-0.15, -0.1) is 15.6 Å². The quantitative estimate of drug-likeness (QED) is 0.319. The van der Waals surface area contributed by atoms with Gasteiger partial charge in [0.1, 0.15) is 23.0 Å². The number of benzene rings is 1. The molecule has 4 heterocycles. The fourth-order valence-electron chi connectivity index (χ4n) is 4.58. The smallest absolute Gasteiger partial charge is 0.191 e. The van der Waals surface area contributed by atoms with Crippen LogP contribution in [0.5, 0.6) is 0 Å². The zero-order valence-corrected chi connectivity index (χ0v) is 22.6. The average Bonchev–Trinajstić information content (AvgIpc) is 3.57. The van der Waals surface area contributed by atoms with E-state index >= 15 is 0 Å². The summed E-state index contributed by atoms with van der Waals surface area (Å²) in [5.41, 5.74) is 4.65. The summed E-state index contributed by atoms with van der Waals surface area (Å²) in [6, 6.07) is 10.5. The number of halogens is 1. The number of aliphatic hydroxyl groups is 1. The van der Waals surface area contributed by atoms with Gasteiger partial charge >= 0.3 is 0 Å². The Morgan fingerprint density at radius 1 is 1.11 bits per heavy atom. The monoisotopic (exact) mass is 542 g/mol. The summed E-state index contributed by atoms with van der Waals surface area (Å²) in [7, 11) is 2.00. The molecule has 1 saturated heterocycles. The minimum Gasteiger partial charge on any atom is -0.598 e. The topological polar surface area (TPSA) is 83.2 Å². The van der Waals surface area contributed by atoms with Gasteiger partial charge in [-0.1, -0.05) is 6.92 Å². The molecule has 0 saturated carbocycles. The van der Waals surface area contributed by atoms with E-state index in [4.69, 9.17) is 15.1 Å². The third-order valence-corrected chi connectivity index (χ3v) is 9.08. The summed E-state index contributed by atoms with van der Waals surface area (Å²) < 4.78 is 29.9. The molecule has 4 aromatic rings. The Bertz CT molecular complexity index is 1340. The largest absolute Gasteiger partial charge is 0.598 e. The molecule has 1 unspecified atom stereocenters. The lowest BCUT2D eigenvalue weighted by Gasteiger charge is -2.35. The van der Waals surface area contributed by atoms with Crippen molar-refractivity contribution >= 4 is 45.0 Å². The number of rotatable bonds is 9. The van der Waals surface area contributed by atoms with Crippen LogP contribution >= 0.6 is 11.3 Å². The normalized spacial score (nSPS) is 15.4. The van der Waals surface area contributed by atoms with Crippen LogP contribution in [-0.4, -0.2) is 73.9 Å². The van der Waals surface area contributed by atoms with Crippen LogP contribution in [0.25, 0.3) is 16.9 Å². The maximum Gasteiger partial charge on any atom is 0.191 e. The number of pyridine rings is 1. The predicted molar refractivity (Wildman–Crippen MR) is 149 cm³/mol. The van der Waals surface area contributed by atoms with Gasteiger partial charge in [0.25, 0.3) is 0 Å². The first-order valence-corrected chi connectivity index (χ1v) is 14.6. The third kappa shape index (κ3) is 5.46. The summed E-state index contributed by atoms with van der Waals surface area (Å²) in [6.07, 6.45) is 3.47. The van der Waals surface area contributed by atoms with Gasteiger partial charge in [0.05, 0.1) is 30.2 Å². The molecule has 3 aromatic heterocycles. The van der Waals surface area contributed by atoms with Gasteiger partial charge in [-0.3, -0.25) is 4.40 Å². The van der Waals surface area contributed by atoms with Gasteiger partial charge in [-0.25, -0.2) is 14.4 Å². The minimum absolute atomic E-state index is 0.0711. The first-order valence-electron chi connectivity index (χ1n) is 12.4. The fraction of sp³-hybridized carbons (Fsp3) is 0.385. The van der Waals surface area contributed by atoms with Gasteiger partial charge in [-0.2, -0.15) is 0 Å². The van der Waals surface area contributed by atoms with Crippen molar-refractivity contribution in [1.82, 2.24) is 18.7 Å². The van der Waals surface area contributed by atoms with Crippen molar-refractivity contribution in [2.75, 3.05) is 55.4 Å². The Morgan fingerprint density at radius 3 is 2.57 bits per heavy atom. The minimum atomic E-state index is -1.04. The van der Waals surface area contributed by atoms with Crippen LogP contribution < -0.4 is 9.80 Å². The standard InChI is InChI=1S/C26H31FN6O2S2/c1-3-22-25(30(2)26-29-23(18-36-26)19-5-7-20(27)8-6-19)33-17-21(9-10-24(33)28-22)31-11-13-32(14-12-31)37(35)16-4-15-34/h5-10,17-18,34H,3-4,11-16H2,1-2H3. The van der Waals surface area contributed by atoms with Crippen LogP contribution in [0.2, 0.25) is 0 Å². The second-order valence-corrected chi connectivity index (χ2v) is 11.4. The SMILES string of the molecule is CCc1nc2ccc(N3CCN([S+]([O-])CCCO)CC3)cn2c1N(C)c1nc(-c2ccc(F)cc2)cs1. The van der Waals surface area contributed by atoms with Gasteiger partial charge in [0, 0.05) is 61.7 Å². The number of aryl methyl sites for hydroxylation is 1. The van der Waals surface area contributed by atoms with Crippen molar-refractivity contribution in [3.8, 4) is 11.3 Å². The molecule has 11 heteroatoms. The first-order chi connectivity index (χ1) is 18.0. The molecule has 196 valence electrons. The molecule has 0 amide bonds. The second-order valence-electron chi connectivity index (χ2n) is 8.95. The first kappa shape index (κ1) is 25.9. The van der Waals surface area contributed by atoms with E-state index in [9.17, 15) is 8.94 Å². The Morgan fingerprint density at radius 2 is 1.86 bits per heavy atom. The summed E-state index contributed by atoms with van der Waals surface area (Å²) in [5, 5.41) is 11.8. The number of aromatic nitrogens is 3. The lowest BCUT2D eigenvalue weighted by molar-refractivity contribution is 0.293. The number of thiazole rings is 1. The van der Waals surface area contributed by atoms with E-state index in [1.54, 1.807) is 23.5 Å². The number of fused-ring (bicyclic) bond motifs is 1. The van der Waals surface area contributed by atoms with Crippen LogP contribution in [0.1, 0.15) is 19.0 Å². The van der Waals surface area contributed by atoms with Crippen molar-refractivity contribution in [3.05, 3.63) is 59.5 Å². The molecule has 1 atom stereocenters. The van der Waals surface area contributed by atoms with Crippen molar-refractivity contribution < 1.29 is 14.0 Å². The van der Waals surface area contributed by atoms with Crippen molar-refractivity contribution in [2.24, 2.45) is 0 Å². The summed E-state index contributed by atoms with van der Waals surface area (Å²) in [5.74, 6) is 1.22. The number of anilines is 3. The predicted octanol–water partition coefficient (Wildman–Crippen LogP) is 4.10. The molecule has 1 aromatic carbocycles. The Kier molecular flexibility index (Phi) is 7.96. The number of nitrogens with zero attached hydrogens (tertiary/aromatic N) is 6. The molecule has 1 aliphatic rings. The number of aliphatic hydroxyl groups excluding tert-OH is 1. The van der Waals surface area contributed by atoms with E-state index in [2.05, 4.69) is 33.4 Å². The second kappa shape index (κ2) is 11.4. The Hall–Kier alpha value is -2.70. The third-order valence-electron chi connectivity index (χ3n) is 6.59. The Labute approximate surface area is 223 Å². The number of piperazine rings is 1. The lowest BCUT2D eigenvalue weighted by Crippen LogP contribution is -2.49. The van der Waals surface area contributed by atoms with Gasteiger partial charge in [0.15, 0.2) is 5.13 Å². The molecule has 1 aliphatic heterocycles. The molecule has 0 spiro atoms. The van der Waals surface area contributed by atoms with Crippen LogP contribution in [-0.2, 0) is 17.8 Å². The number of hydrogen-bond acceptors (Lipinski definition) is 8. The van der Waals surface area contributed by atoms with Crippen molar-refractivity contribution in [2.45, 2.75) is 19.8 Å². The molecule has 5 rings (SSSR count). The highest BCUT2D eigenvalue weighted by molar-refractivity contribution is 7.89. The maximum absolute atomic E-state index is 13.4. The molecule has 8 nitrogen and oxygen atoms in total. The lowest BCUT2D eigenvalue weighted by atomic mass is 10.2. The summed E-state index contributed by atoms with van der Waals surface area (Å²) in [6.45, 7) is 5.18. The average molecular weight is 543 g/mol. The highest BCUT2D eigenvalue weighted by Gasteiger charge is 2.26. The van der Waals surface area contributed by atoms with Crippen LogP contribution in [0.15, 0.2) is 48.0 Å². The van der Waals surface area contributed by atoms with Gasteiger partial charge in [-0.05, 0) is 42.8 Å². The van der Waals surface area contributed by atoms with E-state index in [0.717, 1.165) is 71.8 Å². The van der Waals surface area contributed by atoms with Crippen LogP contribution in [0.3, 0.4) is 0 Å². The van der Waals surface area contributed by atoms with Gasteiger partial charge in [0.2, 0.25) is 0 Å². The van der Waals surface area contributed by atoms with Crippen LogP contribution in [0, 0.1) is 5.82 Å². The zero-order valence-electron chi connectivity index (χ0n) is 21.0. The molecule has 1 N–H and O–H groups in total. The van der Waals surface area contributed by atoms with E-state index in [-0.39, 0.29) is 12.4 Å². The van der Waals surface area contributed by atoms with E-state index < -0.39 is 11.4 Å². The van der Waals surface area contributed by atoms with Gasteiger partial charge < -0.3 is 19.5 Å².